The molecule has 7 nitrogen and oxygen atoms in total. The Hall–Kier alpha value is -1.09. The van der Waals surface area contributed by atoms with Gasteiger partial charge in [0.2, 0.25) is 0 Å². The fourth-order valence-corrected chi connectivity index (χ4v) is 5.33. The summed E-state index contributed by atoms with van der Waals surface area (Å²) >= 11 is 1.29. The number of piperidine rings is 1. The molecule has 1 unspecified atom stereocenters. The van der Waals surface area contributed by atoms with E-state index in [0.29, 0.717) is 28.0 Å². The molecule has 1 aliphatic heterocycles. The van der Waals surface area contributed by atoms with Crippen LogP contribution >= 0.6 is 11.3 Å². The fourth-order valence-electron chi connectivity index (χ4n) is 4.41. The van der Waals surface area contributed by atoms with Gasteiger partial charge in [0, 0.05) is 45.2 Å². The fraction of sp³-hybridized carbons (Fsp3) is 0.571. The van der Waals surface area contributed by atoms with Gasteiger partial charge in [-0.15, -0.1) is 11.3 Å². The van der Waals surface area contributed by atoms with E-state index >= 15 is 0 Å². The van der Waals surface area contributed by atoms with Crippen molar-refractivity contribution in [3.8, 4) is 0 Å². The van der Waals surface area contributed by atoms with E-state index in [4.69, 9.17) is 9.26 Å². The molecular weight excluding hydrogens is 479 g/mol. The molecule has 1 fully saturated rings. The van der Waals surface area contributed by atoms with Crippen LogP contribution in [0.1, 0.15) is 59.3 Å². The normalized spacial score (nSPS) is 16.4. The standard InChI is InChI=1S/C21H29N3O4S.Y/c1-5-17(20(25)22-18-14(2)13-29-19(18)21(26)27-4)24(9-7-6-8-10-24)12-16-11-15(3)28-23-16;/h11,13,17H,5-10,12H2,1-4H3;/p+1. The zero-order chi connectivity index (χ0) is 21.0. The van der Waals surface area contributed by atoms with Crippen LogP contribution in [0.4, 0.5) is 5.69 Å². The van der Waals surface area contributed by atoms with E-state index in [9.17, 15) is 9.59 Å². The first kappa shape index (κ1) is 25.2. The zero-order valence-corrected chi connectivity index (χ0v) is 21.8. The summed E-state index contributed by atoms with van der Waals surface area (Å²) in [5.41, 5.74) is 2.33. The van der Waals surface area contributed by atoms with Gasteiger partial charge in [-0.25, -0.2) is 4.79 Å². The molecule has 0 saturated carbocycles. The van der Waals surface area contributed by atoms with Gasteiger partial charge in [0.1, 0.15) is 22.9 Å². The molecule has 1 saturated heterocycles. The van der Waals surface area contributed by atoms with E-state index in [2.05, 4.69) is 17.4 Å². The number of methoxy groups -OCH3 is 1. The number of esters is 1. The van der Waals surface area contributed by atoms with Crippen LogP contribution in [0.3, 0.4) is 0 Å². The first-order valence-corrected chi connectivity index (χ1v) is 11.0. The van der Waals surface area contributed by atoms with Crippen LogP contribution in [0.15, 0.2) is 16.0 Å². The first-order valence-electron chi connectivity index (χ1n) is 10.2. The third kappa shape index (κ3) is 5.39. The summed E-state index contributed by atoms with van der Waals surface area (Å²) in [6.07, 6.45) is 4.07. The number of aromatic nitrogens is 1. The number of aryl methyl sites for hydroxylation is 2. The minimum absolute atomic E-state index is 0. The molecule has 2 aromatic heterocycles. The summed E-state index contributed by atoms with van der Waals surface area (Å²) in [5.74, 6) is 0.303. The minimum Gasteiger partial charge on any atom is -0.465 e. The van der Waals surface area contributed by atoms with Gasteiger partial charge >= 0.3 is 5.97 Å². The number of nitrogens with zero attached hydrogens (tertiary/aromatic N) is 2. The van der Waals surface area contributed by atoms with Crippen molar-refractivity contribution in [1.82, 2.24) is 5.16 Å². The number of amides is 1. The summed E-state index contributed by atoms with van der Waals surface area (Å²) in [6, 6.07) is 1.73. The van der Waals surface area contributed by atoms with E-state index < -0.39 is 5.97 Å². The number of quaternary nitrogens is 1. The van der Waals surface area contributed by atoms with Crippen LogP contribution in [0, 0.1) is 13.8 Å². The van der Waals surface area contributed by atoms with Crippen molar-refractivity contribution < 1.29 is 56.0 Å². The van der Waals surface area contributed by atoms with Crippen molar-refractivity contribution in [2.45, 2.75) is 59.0 Å². The van der Waals surface area contributed by atoms with Gasteiger partial charge in [-0.3, -0.25) is 4.79 Å². The molecule has 0 spiro atoms. The van der Waals surface area contributed by atoms with Crippen molar-refractivity contribution in [3.05, 3.63) is 33.3 Å². The molecule has 1 amide bonds. The van der Waals surface area contributed by atoms with Crippen molar-refractivity contribution in [2.75, 3.05) is 25.5 Å². The monoisotopic (exact) mass is 509 g/mol. The first-order chi connectivity index (χ1) is 13.9. The van der Waals surface area contributed by atoms with Crippen LogP contribution in [-0.2, 0) is 48.8 Å². The number of thiophene rings is 1. The molecule has 161 valence electrons. The maximum absolute atomic E-state index is 13.4. The van der Waals surface area contributed by atoms with Crippen molar-refractivity contribution in [1.29, 1.82) is 0 Å². The molecular formula is C21H30N3O4SY+. The van der Waals surface area contributed by atoms with Gasteiger partial charge in [0.15, 0.2) is 6.04 Å². The van der Waals surface area contributed by atoms with Gasteiger partial charge in [0.05, 0.1) is 25.9 Å². The predicted molar refractivity (Wildman–Crippen MR) is 112 cm³/mol. The average molecular weight is 509 g/mol. The van der Waals surface area contributed by atoms with Gasteiger partial charge < -0.3 is 19.1 Å². The molecule has 9 heteroatoms. The Bertz CT molecular complexity index is 873. The summed E-state index contributed by atoms with van der Waals surface area (Å²) in [6.45, 7) is 8.37. The zero-order valence-electron chi connectivity index (χ0n) is 18.2. The maximum atomic E-state index is 13.4. The molecule has 1 aliphatic rings. The molecule has 1 N–H and O–H groups in total. The van der Waals surface area contributed by atoms with Gasteiger partial charge in [-0.2, -0.15) is 0 Å². The Morgan fingerprint density at radius 1 is 1.30 bits per heavy atom. The molecule has 3 heterocycles. The van der Waals surface area contributed by atoms with E-state index in [1.54, 1.807) is 0 Å². The Labute approximate surface area is 207 Å². The molecule has 1 atom stereocenters. The Kier molecular flexibility index (Phi) is 9.21. The Balaban J connectivity index is 0.00000320. The van der Waals surface area contributed by atoms with Crippen LogP contribution in [0.2, 0.25) is 0 Å². The van der Waals surface area contributed by atoms with E-state index in [0.717, 1.165) is 42.9 Å². The molecule has 2 aromatic rings. The minimum atomic E-state index is -0.425. The number of likely N-dealkylation sites (tertiary alicyclic amines) is 1. The van der Waals surface area contributed by atoms with Gasteiger partial charge in [-0.05, 0) is 44.1 Å². The number of hydrogen-bond acceptors (Lipinski definition) is 6. The molecule has 30 heavy (non-hydrogen) atoms. The van der Waals surface area contributed by atoms with Crippen LogP contribution in [-0.4, -0.2) is 47.8 Å². The summed E-state index contributed by atoms with van der Waals surface area (Å²) in [4.78, 5) is 26.0. The predicted octanol–water partition coefficient (Wildman–Crippen LogP) is 4.06. The number of rotatable bonds is 7. The van der Waals surface area contributed by atoms with Crippen LogP contribution < -0.4 is 5.32 Å². The topological polar surface area (TPSA) is 81.4 Å². The molecule has 3 rings (SSSR count). The number of anilines is 1. The van der Waals surface area contributed by atoms with Gasteiger partial charge in [-0.1, -0.05) is 12.1 Å². The largest absolute Gasteiger partial charge is 0.465 e. The number of carbonyl (C=O) groups excluding carboxylic acids is 2. The van der Waals surface area contributed by atoms with Gasteiger partial charge in [0.25, 0.3) is 5.91 Å². The number of ether oxygens (including phenoxy) is 1. The number of nitrogens with one attached hydrogen (secondary N) is 1. The maximum Gasteiger partial charge on any atom is 0.350 e. The second-order valence-corrected chi connectivity index (χ2v) is 8.72. The SMILES string of the molecule is CCC(C(=O)Nc1c(C)csc1C(=O)OC)[N+]1(Cc2cc(C)on2)CCCCC1.[Y]. The van der Waals surface area contributed by atoms with Crippen molar-refractivity contribution in [2.24, 2.45) is 0 Å². The summed E-state index contributed by atoms with van der Waals surface area (Å²) < 4.78 is 10.8. The summed E-state index contributed by atoms with van der Waals surface area (Å²) in [5, 5.41) is 9.10. The second-order valence-electron chi connectivity index (χ2n) is 7.84. The second kappa shape index (κ2) is 11.0. The quantitative estimate of drug-likeness (QED) is 0.450. The van der Waals surface area contributed by atoms with Crippen LogP contribution in [0.25, 0.3) is 0 Å². The molecule has 0 aromatic carbocycles. The third-order valence-corrected chi connectivity index (χ3v) is 6.88. The van der Waals surface area contributed by atoms with Crippen molar-refractivity contribution in [3.63, 3.8) is 0 Å². The smallest absolute Gasteiger partial charge is 0.350 e. The van der Waals surface area contributed by atoms with E-state index in [-0.39, 0.29) is 44.7 Å². The third-order valence-electron chi connectivity index (χ3n) is 5.80. The Morgan fingerprint density at radius 2 is 2.00 bits per heavy atom. The van der Waals surface area contributed by atoms with E-state index in [1.807, 2.05) is 25.3 Å². The summed E-state index contributed by atoms with van der Waals surface area (Å²) in [7, 11) is 1.35. The molecule has 0 bridgehead atoms. The number of hydrogen-bond donors (Lipinski definition) is 1. The molecule has 0 aliphatic carbocycles. The number of carbonyl (C=O) groups is 2. The average Bonchev–Trinajstić information content (AvgIpc) is 3.28. The van der Waals surface area contributed by atoms with Crippen LogP contribution in [0.5, 0.6) is 0 Å². The van der Waals surface area contributed by atoms with Crippen molar-refractivity contribution >= 4 is 28.9 Å². The Morgan fingerprint density at radius 3 is 2.57 bits per heavy atom. The van der Waals surface area contributed by atoms with E-state index in [1.165, 1.54) is 24.9 Å². The molecule has 1 radical (unpaired) electrons.